The Hall–Kier alpha value is -1.82. The number of halogens is 2. The maximum atomic E-state index is 13.4. The Kier molecular flexibility index (Phi) is 3.66. The number of carbonyl (C=O) groups excluding carboxylic acids is 2. The minimum Gasteiger partial charge on any atom is -0.302 e. The van der Waals surface area contributed by atoms with Crippen molar-refractivity contribution in [1.82, 2.24) is 10.4 Å². The summed E-state index contributed by atoms with van der Waals surface area (Å²) in [6.07, 6.45) is 1.38. The molecule has 1 amide bonds. The Bertz CT molecular complexity index is 479. The monoisotopic (exact) mass is 254 g/mol. The van der Waals surface area contributed by atoms with Crippen molar-refractivity contribution in [2.75, 3.05) is 0 Å². The lowest BCUT2D eigenvalue weighted by Gasteiger charge is -2.31. The maximum absolute atomic E-state index is 13.4. The number of hydrazine groups is 1. The molecule has 1 saturated heterocycles. The fourth-order valence-corrected chi connectivity index (χ4v) is 1.80. The average Bonchev–Trinajstić information content (AvgIpc) is 2.35. The predicted octanol–water partition coefficient (Wildman–Crippen LogP) is 1.16. The van der Waals surface area contributed by atoms with Gasteiger partial charge in [-0.05, 0) is 12.5 Å². The molecule has 1 heterocycles. The molecule has 1 N–H and O–H groups in total. The van der Waals surface area contributed by atoms with Gasteiger partial charge < -0.3 is 4.79 Å². The van der Waals surface area contributed by atoms with E-state index in [1.807, 2.05) is 0 Å². The standard InChI is InChI=1S/C12H12F2N2O2/c13-9-2-1-8(11(14)5-9)6-16-12(18)4-3-10(7-17)15-16/h1-2,5,7,10,15H,3-4,6H2. The smallest absolute Gasteiger partial charge is 0.237 e. The van der Waals surface area contributed by atoms with E-state index in [-0.39, 0.29) is 24.4 Å². The van der Waals surface area contributed by atoms with Crippen molar-refractivity contribution in [2.45, 2.75) is 25.4 Å². The molecule has 0 radical (unpaired) electrons. The molecule has 6 heteroatoms. The highest BCUT2D eigenvalue weighted by Crippen LogP contribution is 2.15. The molecule has 0 aromatic heterocycles. The van der Waals surface area contributed by atoms with E-state index in [0.717, 1.165) is 12.1 Å². The molecule has 1 aliphatic heterocycles. The largest absolute Gasteiger partial charge is 0.302 e. The van der Waals surface area contributed by atoms with Crippen molar-refractivity contribution in [3.8, 4) is 0 Å². The normalized spacial score (nSPS) is 20.0. The molecule has 1 aliphatic rings. The van der Waals surface area contributed by atoms with Crippen LogP contribution in [-0.2, 0) is 16.1 Å². The molecule has 0 aliphatic carbocycles. The van der Waals surface area contributed by atoms with E-state index in [9.17, 15) is 18.4 Å². The first-order valence-corrected chi connectivity index (χ1v) is 5.56. The summed E-state index contributed by atoms with van der Waals surface area (Å²) < 4.78 is 26.2. The van der Waals surface area contributed by atoms with Crippen LogP contribution in [0, 0.1) is 11.6 Å². The van der Waals surface area contributed by atoms with Crippen LogP contribution < -0.4 is 5.43 Å². The van der Waals surface area contributed by atoms with Crippen LogP contribution in [0.25, 0.3) is 0 Å². The summed E-state index contributed by atoms with van der Waals surface area (Å²) >= 11 is 0. The van der Waals surface area contributed by atoms with Crippen LogP contribution in [0.3, 0.4) is 0 Å². The molecule has 1 aromatic rings. The van der Waals surface area contributed by atoms with Crippen molar-refractivity contribution >= 4 is 12.2 Å². The number of carbonyl (C=O) groups is 2. The lowest BCUT2D eigenvalue weighted by molar-refractivity contribution is -0.140. The highest BCUT2D eigenvalue weighted by molar-refractivity contribution is 5.78. The van der Waals surface area contributed by atoms with Crippen molar-refractivity contribution in [2.24, 2.45) is 0 Å². The maximum Gasteiger partial charge on any atom is 0.237 e. The van der Waals surface area contributed by atoms with Gasteiger partial charge >= 0.3 is 0 Å². The van der Waals surface area contributed by atoms with Gasteiger partial charge in [0.25, 0.3) is 0 Å². The molecule has 1 unspecified atom stereocenters. The molecule has 1 aromatic carbocycles. The Labute approximate surface area is 103 Å². The second-order valence-corrected chi connectivity index (χ2v) is 4.13. The van der Waals surface area contributed by atoms with Crippen molar-refractivity contribution < 1.29 is 18.4 Å². The second kappa shape index (κ2) is 5.22. The zero-order valence-corrected chi connectivity index (χ0v) is 9.53. The highest BCUT2D eigenvalue weighted by atomic mass is 19.1. The third-order valence-electron chi connectivity index (χ3n) is 2.80. The van der Waals surface area contributed by atoms with Gasteiger partial charge in [-0.1, -0.05) is 6.07 Å². The van der Waals surface area contributed by atoms with Gasteiger partial charge in [0, 0.05) is 18.1 Å². The minimum atomic E-state index is -0.710. The van der Waals surface area contributed by atoms with Gasteiger partial charge in [0.1, 0.15) is 17.9 Å². The van der Waals surface area contributed by atoms with Crippen LogP contribution in [0.5, 0.6) is 0 Å². The first-order chi connectivity index (χ1) is 8.60. The Morgan fingerprint density at radius 2 is 2.22 bits per heavy atom. The number of nitrogens with zero attached hydrogens (tertiary/aromatic N) is 1. The lowest BCUT2D eigenvalue weighted by Crippen LogP contribution is -2.52. The fraction of sp³-hybridized carbons (Fsp3) is 0.333. The molecule has 18 heavy (non-hydrogen) atoms. The van der Waals surface area contributed by atoms with Gasteiger partial charge in [-0.15, -0.1) is 0 Å². The molecule has 2 rings (SSSR count). The predicted molar refractivity (Wildman–Crippen MR) is 59.1 cm³/mol. The van der Waals surface area contributed by atoms with Crippen LogP contribution in [-0.4, -0.2) is 23.2 Å². The third-order valence-corrected chi connectivity index (χ3v) is 2.80. The third kappa shape index (κ3) is 2.70. The van der Waals surface area contributed by atoms with Crippen LogP contribution in [0.15, 0.2) is 18.2 Å². The van der Waals surface area contributed by atoms with Gasteiger partial charge in [-0.2, -0.15) is 0 Å². The number of aldehydes is 1. The summed E-state index contributed by atoms with van der Waals surface area (Å²) in [6, 6.07) is 2.74. The quantitative estimate of drug-likeness (QED) is 0.823. The highest BCUT2D eigenvalue weighted by Gasteiger charge is 2.25. The van der Waals surface area contributed by atoms with Crippen molar-refractivity contribution in [1.29, 1.82) is 0 Å². The minimum absolute atomic E-state index is 0.0325. The van der Waals surface area contributed by atoms with Crippen LogP contribution in [0.4, 0.5) is 8.78 Å². The molecule has 0 saturated carbocycles. The number of amides is 1. The van der Waals surface area contributed by atoms with Crippen molar-refractivity contribution in [3.63, 3.8) is 0 Å². The van der Waals surface area contributed by atoms with Crippen LogP contribution >= 0.6 is 0 Å². The Morgan fingerprint density at radius 1 is 1.44 bits per heavy atom. The second-order valence-electron chi connectivity index (χ2n) is 4.13. The average molecular weight is 254 g/mol. The van der Waals surface area contributed by atoms with E-state index < -0.39 is 17.7 Å². The van der Waals surface area contributed by atoms with Gasteiger partial charge in [0.05, 0.1) is 12.6 Å². The number of benzene rings is 1. The number of hydrogen-bond donors (Lipinski definition) is 1. The Balaban J connectivity index is 2.11. The first kappa shape index (κ1) is 12.6. The van der Waals surface area contributed by atoms with E-state index in [0.29, 0.717) is 12.7 Å². The van der Waals surface area contributed by atoms with Crippen LogP contribution in [0.1, 0.15) is 18.4 Å². The Morgan fingerprint density at radius 3 is 2.89 bits per heavy atom. The summed E-state index contributed by atoms with van der Waals surface area (Å²) in [4.78, 5) is 22.2. The summed E-state index contributed by atoms with van der Waals surface area (Å²) in [5.41, 5.74) is 2.90. The number of rotatable bonds is 3. The topological polar surface area (TPSA) is 49.4 Å². The van der Waals surface area contributed by atoms with E-state index in [1.54, 1.807) is 0 Å². The van der Waals surface area contributed by atoms with Gasteiger partial charge in [0.2, 0.25) is 5.91 Å². The van der Waals surface area contributed by atoms with E-state index in [4.69, 9.17) is 0 Å². The molecule has 96 valence electrons. The van der Waals surface area contributed by atoms with E-state index in [1.165, 1.54) is 11.1 Å². The molecule has 4 nitrogen and oxygen atoms in total. The number of hydrogen-bond acceptors (Lipinski definition) is 3. The van der Waals surface area contributed by atoms with Gasteiger partial charge in [-0.3, -0.25) is 9.80 Å². The fourth-order valence-electron chi connectivity index (χ4n) is 1.80. The molecule has 1 fully saturated rings. The lowest BCUT2D eigenvalue weighted by atomic mass is 10.1. The summed E-state index contributed by atoms with van der Waals surface area (Å²) in [5.74, 6) is -1.59. The van der Waals surface area contributed by atoms with Gasteiger partial charge in [-0.25, -0.2) is 14.2 Å². The molecular formula is C12H12F2N2O2. The summed E-state index contributed by atoms with van der Waals surface area (Å²) in [6.45, 7) is -0.0325. The summed E-state index contributed by atoms with van der Waals surface area (Å²) in [5, 5.41) is 1.19. The van der Waals surface area contributed by atoms with E-state index >= 15 is 0 Å². The first-order valence-electron chi connectivity index (χ1n) is 5.56. The van der Waals surface area contributed by atoms with E-state index in [2.05, 4.69) is 5.43 Å². The zero-order chi connectivity index (χ0) is 13.1. The SMILES string of the molecule is O=CC1CCC(=O)N(Cc2ccc(F)cc2F)N1. The van der Waals surface area contributed by atoms with Gasteiger partial charge in [0.15, 0.2) is 0 Å². The summed E-state index contributed by atoms with van der Waals surface area (Å²) in [7, 11) is 0. The number of nitrogens with one attached hydrogen (secondary N) is 1. The molecule has 0 spiro atoms. The molecule has 0 bridgehead atoms. The molecule has 1 atom stereocenters. The van der Waals surface area contributed by atoms with Crippen molar-refractivity contribution in [3.05, 3.63) is 35.4 Å². The molecular weight excluding hydrogens is 242 g/mol. The van der Waals surface area contributed by atoms with Crippen LogP contribution in [0.2, 0.25) is 0 Å². The zero-order valence-electron chi connectivity index (χ0n) is 9.53.